The molecule has 1 aromatic heterocycles. The second kappa shape index (κ2) is 8.22. The third-order valence-electron chi connectivity index (χ3n) is 5.81. The quantitative estimate of drug-likeness (QED) is 0.454. The maximum atomic E-state index is 13.1. The molecular weight excluding hydrogens is 390 g/mol. The third kappa shape index (κ3) is 3.77. The highest BCUT2D eigenvalue weighted by molar-refractivity contribution is 6.08. The molecular formula is C25H25N3O3. The number of carbonyl (C=O) groups is 3. The Hall–Kier alpha value is -3.67. The molecule has 31 heavy (non-hydrogen) atoms. The molecule has 1 saturated heterocycles. The number of ketones is 1. The van der Waals surface area contributed by atoms with Gasteiger partial charge in [-0.3, -0.25) is 14.5 Å². The minimum atomic E-state index is -0.432. The summed E-state index contributed by atoms with van der Waals surface area (Å²) in [7, 11) is 1.56. The summed E-state index contributed by atoms with van der Waals surface area (Å²) in [6.07, 6.45) is 0. The van der Waals surface area contributed by atoms with Crippen molar-refractivity contribution in [1.29, 1.82) is 0 Å². The van der Waals surface area contributed by atoms with Crippen LogP contribution in [0.2, 0.25) is 0 Å². The molecule has 0 radical (unpaired) electrons. The predicted molar refractivity (Wildman–Crippen MR) is 118 cm³/mol. The fourth-order valence-electron chi connectivity index (χ4n) is 4.27. The molecule has 2 aromatic carbocycles. The minimum absolute atomic E-state index is 0.00915. The SMILES string of the molecule is Cc1cc(C(=O)CN2C(=O)CN(C)C2=O)c(C)n1C(c1ccccc1)c1ccccc1. The zero-order valence-corrected chi connectivity index (χ0v) is 17.9. The lowest BCUT2D eigenvalue weighted by atomic mass is 9.98. The van der Waals surface area contributed by atoms with Crippen molar-refractivity contribution in [3.05, 3.63) is 94.8 Å². The molecule has 0 N–H and O–H groups in total. The van der Waals surface area contributed by atoms with E-state index in [1.165, 1.54) is 4.90 Å². The van der Waals surface area contributed by atoms with Gasteiger partial charge in [0.05, 0.1) is 12.6 Å². The first-order valence-corrected chi connectivity index (χ1v) is 10.3. The Morgan fingerprint density at radius 2 is 1.48 bits per heavy atom. The van der Waals surface area contributed by atoms with E-state index in [1.54, 1.807) is 7.05 Å². The van der Waals surface area contributed by atoms with E-state index in [1.807, 2.05) is 56.3 Å². The normalized spacial score (nSPS) is 14.1. The van der Waals surface area contributed by atoms with E-state index in [9.17, 15) is 14.4 Å². The van der Waals surface area contributed by atoms with Crippen molar-refractivity contribution in [2.75, 3.05) is 20.1 Å². The van der Waals surface area contributed by atoms with Gasteiger partial charge in [0, 0.05) is 24.0 Å². The fraction of sp³-hybridized carbons (Fsp3) is 0.240. The van der Waals surface area contributed by atoms with Gasteiger partial charge in [-0.2, -0.15) is 0 Å². The van der Waals surface area contributed by atoms with Gasteiger partial charge in [0.15, 0.2) is 5.78 Å². The van der Waals surface area contributed by atoms with Gasteiger partial charge in [-0.1, -0.05) is 60.7 Å². The Labute approximate surface area is 181 Å². The molecule has 0 saturated carbocycles. The lowest BCUT2D eigenvalue weighted by Gasteiger charge is -2.24. The van der Waals surface area contributed by atoms with E-state index < -0.39 is 6.03 Å². The largest absolute Gasteiger partial charge is 0.337 e. The standard InChI is InChI=1S/C25H25N3O3/c1-17-14-21(22(29)15-27-23(30)16-26(3)25(27)31)18(2)28(17)24(19-10-6-4-7-11-19)20-12-8-5-9-13-20/h4-14,24H,15-16H2,1-3H3. The smallest absolute Gasteiger partial charge is 0.327 e. The van der Waals surface area contributed by atoms with Crippen LogP contribution in [0.5, 0.6) is 0 Å². The number of aromatic nitrogens is 1. The zero-order chi connectivity index (χ0) is 22.1. The number of hydrogen-bond acceptors (Lipinski definition) is 3. The first kappa shape index (κ1) is 20.6. The van der Waals surface area contributed by atoms with E-state index in [0.717, 1.165) is 27.4 Å². The van der Waals surface area contributed by atoms with Gasteiger partial charge in [-0.15, -0.1) is 0 Å². The summed E-state index contributed by atoms with van der Waals surface area (Å²) >= 11 is 0. The average molecular weight is 415 g/mol. The Balaban J connectivity index is 1.73. The fourth-order valence-corrected chi connectivity index (χ4v) is 4.27. The molecule has 1 fully saturated rings. The summed E-state index contributed by atoms with van der Waals surface area (Å²) in [4.78, 5) is 39.7. The van der Waals surface area contributed by atoms with Crippen LogP contribution in [0.4, 0.5) is 4.79 Å². The van der Waals surface area contributed by atoms with Gasteiger partial charge in [-0.25, -0.2) is 4.79 Å². The Bertz CT molecular complexity index is 1100. The second-order valence-electron chi connectivity index (χ2n) is 7.92. The summed E-state index contributed by atoms with van der Waals surface area (Å²) in [5.74, 6) is -0.586. The number of hydrogen-bond donors (Lipinski definition) is 0. The van der Waals surface area contributed by atoms with Crippen LogP contribution >= 0.6 is 0 Å². The van der Waals surface area contributed by atoms with Crippen molar-refractivity contribution in [3.63, 3.8) is 0 Å². The van der Waals surface area contributed by atoms with Crippen LogP contribution in [0.15, 0.2) is 66.7 Å². The molecule has 1 aliphatic rings. The lowest BCUT2D eigenvalue weighted by Crippen LogP contribution is -2.36. The summed E-state index contributed by atoms with van der Waals surface area (Å²) in [5.41, 5.74) is 4.51. The van der Waals surface area contributed by atoms with Gasteiger partial charge in [0.2, 0.25) is 0 Å². The molecule has 0 spiro atoms. The molecule has 0 bridgehead atoms. The minimum Gasteiger partial charge on any atom is -0.337 e. The number of Topliss-reactive ketones (excluding diaryl/α,β-unsaturated/α-hetero) is 1. The molecule has 158 valence electrons. The first-order chi connectivity index (χ1) is 14.9. The number of benzene rings is 2. The van der Waals surface area contributed by atoms with Crippen LogP contribution in [0, 0.1) is 13.8 Å². The van der Waals surface area contributed by atoms with Gasteiger partial charge in [0.1, 0.15) is 6.54 Å². The maximum absolute atomic E-state index is 13.1. The van der Waals surface area contributed by atoms with E-state index >= 15 is 0 Å². The molecule has 6 nitrogen and oxygen atoms in total. The number of imide groups is 1. The number of likely N-dealkylation sites (N-methyl/N-ethyl adjacent to an activating group) is 1. The highest BCUT2D eigenvalue weighted by Gasteiger charge is 2.35. The summed E-state index contributed by atoms with van der Waals surface area (Å²) < 4.78 is 2.15. The number of rotatable bonds is 6. The average Bonchev–Trinajstić information content (AvgIpc) is 3.20. The topological polar surface area (TPSA) is 62.6 Å². The molecule has 4 rings (SSSR count). The molecule has 0 aliphatic carbocycles. The zero-order valence-electron chi connectivity index (χ0n) is 17.9. The monoisotopic (exact) mass is 415 g/mol. The van der Waals surface area contributed by atoms with Crippen LogP contribution in [0.25, 0.3) is 0 Å². The van der Waals surface area contributed by atoms with Gasteiger partial charge < -0.3 is 9.47 Å². The van der Waals surface area contributed by atoms with Crippen LogP contribution in [0.3, 0.4) is 0 Å². The van der Waals surface area contributed by atoms with Crippen molar-refractivity contribution in [1.82, 2.24) is 14.4 Å². The Kier molecular flexibility index (Phi) is 5.46. The van der Waals surface area contributed by atoms with E-state index in [2.05, 4.69) is 28.8 Å². The summed E-state index contributed by atoms with van der Waals surface area (Å²) in [6.45, 7) is 3.66. The second-order valence-corrected chi connectivity index (χ2v) is 7.92. The van der Waals surface area contributed by atoms with Crippen molar-refractivity contribution >= 4 is 17.7 Å². The van der Waals surface area contributed by atoms with Crippen molar-refractivity contribution < 1.29 is 14.4 Å². The number of urea groups is 1. The number of nitrogens with zero attached hydrogens (tertiary/aromatic N) is 3. The summed E-state index contributed by atoms with van der Waals surface area (Å²) in [6, 6.07) is 21.6. The molecule has 2 heterocycles. The summed E-state index contributed by atoms with van der Waals surface area (Å²) in [5, 5.41) is 0. The van der Waals surface area contributed by atoms with Gasteiger partial charge in [-0.05, 0) is 31.0 Å². The van der Waals surface area contributed by atoms with Crippen LogP contribution in [-0.2, 0) is 4.79 Å². The van der Waals surface area contributed by atoms with Gasteiger partial charge in [0.25, 0.3) is 5.91 Å². The Morgan fingerprint density at radius 1 is 0.935 bits per heavy atom. The van der Waals surface area contributed by atoms with E-state index in [4.69, 9.17) is 0 Å². The third-order valence-corrected chi connectivity index (χ3v) is 5.81. The number of aryl methyl sites for hydroxylation is 1. The highest BCUT2D eigenvalue weighted by atomic mass is 16.2. The molecule has 6 heteroatoms. The van der Waals surface area contributed by atoms with Crippen LogP contribution in [-0.4, -0.2) is 52.2 Å². The number of carbonyl (C=O) groups excluding carboxylic acids is 3. The highest BCUT2D eigenvalue weighted by Crippen LogP contribution is 2.31. The van der Waals surface area contributed by atoms with Crippen LogP contribution < -0.4 is 0 Å². The van der Waals surface area contributed by atoms with Gasteiger partial charge >= 0.3 is 6.03 Å². The Morgan fingerprint density at radius 3 is 1.97 bits per heavy atom. The maximum Gasteiger partial charge on any atom is 0.327 e. The van der Waals surface area contributed by atoms with Crippen molar-refractivity contribution in [2.24, 2.45) is 0 Å². The molecule has 0 atom stereocenters. The van der Waals surface area contributed by atoms with Crippen molar-refractivity contribution in [3.8, 4) is 0 Å². The predicted octanol–water partition coefficient (Wildman–Crippen LogP) is 3.82. The number of amides is 3. The molecule has 1 aliphatic heterocycles. The lowest BCUT2D eigenvalue weighted by molar-refractivity contribution is -0.125. The first-order valence-electron chi connectivity index (χ1n) is 10.3. The molecule has 3 aromatic rings. The van der Waals surface area contributed by atoms with E-state index in [0.29, 0.717) is 5.56 Å². The van der Waals surface area contributed by atoms with Crippen LogP contribution in [0.1, 0.15) is 38.9 Å². The molecule has 3 amide bonds. The molecule has 0 unspecified atom stereocenters. The van der Waals surface area contributed by atoms with Crippen molar-refractivity contribution in [2.45, 2.75) is 19.9 Å². The van der Waals surface area contributed by atoms with E-state index in [-0.39, 0.29) is 30.8 Å².